The lowest BCUT2D eigenvalue weighted by molar-refractivity contribution is 0.220. The molecule has 1 rings (SSSR count). The molecule has 0 heterocycles. The molecule has 0 spiro atoms. The molecule has 1 heteroatoms. The highest BCUT2D eigenvalue weighted by Gasteiger charge is 2.27. The molecular formula is C18H31N. The minimum atomic E-state index is 0.197. The van der Waals surface area contributed by atoms with Crippen molar-refractivity contribution in [2.24, 2.45) is 5.41 Å². The molecule has 1 nitrogen and oxygen atoms in total. The normalized spacial score (nSPS) is 12.7. The molecule has 0 saturated heterocycles. The lowest BCUT2D eigenvalue weighted by Crippen LogP contribution is -2.44. The summed E-state index contributed by atoms with van der Waals surface area (Å²) in [6.07, 6.45) is 3.62. The quantitative estimate of drug-likeness (QED) is 0.780. The summed E-state index contributed by atoms with van der Waals surface area (Å²) in [4.78, 5) is 0. The van der Waals surface area contributed by atoms with Gasteiger partial charge in [0.1, 0.15) is 0 Å². The van der Waals surface area contributed by atoms with Gasteiger partial charge in [0.05, 0.1) is 0 Å². The van der Waals surface area contributed by atoms with Crippen molar-refractivity contribution in [2.75, 3.05) is 6.54 Å². The fourth-order valence-electron chi connectivity index (χ4n) is 2.40. The van der Waals surface area contributed by atoms with Crippen molar-refractivity contribution < 1.29 is 0 Å². The molecule has 0 aliphatic carbocycles. The molecule has 0 atom stereocenters. The topological polar surface area (TPSA) is 12.0 Å². The van der Waals surface area contributed by atoms with E-state index in [2.05, 4.69) is 71.1 Å². The van der Waals surface area contributed by atoms with Gasteiger partial charge >= 0.3 is 0 Å². The Kier molecular flexibility index (Phi) is 5.61. The van der Waals surface area contributed by atoms with Gasteiger partial charge in [-0.15, -0.1) is 0 Å². The van der Waals surface area contributed by atoms with Gasteiger partial charge in [-0.2, -0.15) is 0 Å². The van der Waals surface area contributed by atoms with Crippen LogP contribution in [0, 0.1) is 12.3 Å². The smallest absolute Gasteiger partial charge is 0.00967 e. The van der Waals surface area contributed by atoms with Gasteiger partial charge in [-0.3, -0.25) is 0 Å². The zero-order chi connectivity index (χ0) is 14.5. The first-order chi connectivity index (χ1) is 8.80. The van der Waals surface area contributed by atoms with Crippen LogP contribution in [0.4, 0.5) is 0 Å². The third-order valence-electron chi connectivity index (χ3n) is 4.19. The van der Waals surface area contributed by atoms with Crippen LogP contribution in [0.25, 0.3) is 0 Å². The van der Waals surface area contributed by atoms with Gasteiger partial charge in [-0.25, -0.2) is 0 Å². The first kappa shape index (κ1) is 16.2. The zero-order valence-corrected chi connectivity index (χ0v) is 13.6. The minimum Gasteiger partial charge on any atom is -0.312 e. The van der Waals surface area contributed by atoms with Crippen molar-refractivity contribution >= 4 is 0 Å². The molecule has 0 fully saturated rings. The van der Waals surface area contributed by atoms with Crippen LogP contribution >= 0.6 is 0 Å². The molecule has 0 amide bonds. The van der Waals surface area contributed by atoms with Gasteiger partial charge in [0.2, 0.25) is 0 Å². The van der Waals surface area contributed by atoms with Gasteiger partial charge in [0.15, 0.2) is 0 Å². The van der Waals surface area contributed by atoms with Crippen molar-refractivity contribution in [3.63, 3.8) is 0 Å². The molecule has 1 N–H and O–H groups in total. The van der Waals surface area contributed by atoms with Crippen molar-refractivity contribution in [1.82, 2.24) is 5.32 Å². The maximum absolute atomic E-state index is 3.70. The van der Waals surface area contributed by atoms with E-state index in [0.717, 1.165) is 6.54 Å². The predicted octanol–water partition coefficient (Wildman–Crippen LogP) is 4.73. The molecule has 0 bridgehead atoms. The largest absolute Gasteiger partial charge is 0.312 e. The van der Waals surface area contributed by atoms with E-state index >= 15 is 0 Å². The first-order valence-electron chi connectivity index (χ1n) is 7.61. The Morgan fingerprint density at radius 3 is 1.89 bits per heavy atom. The second-order valence-corrected chi connectivity index (χ2v) is 6.97. The summed E-state index contributed by atoms with van der Waals surface area (Å²) < 4.78 is 0. The van der Waals surface area contributed by atoms with Gasteiger partial charge in [0.25, 0.3) is 0 Å². The Morgan fingerprint density at radius 2 is 1.47 bits per heavy atom. The van der Waals surface area contributed by atoms with Crippen molar-refractivity contribution in [3.05, 3.63) is 35.4 Å². The van der Waals surface area contributed by atoms with Gasteiger partial charge in [-0.05, 0) is 57.9 Å². The highest BCUT2D eigenvalue weighted by Crippen LogP contribution is 2.31. The Hall–Kier alpha value is -0.820. The summed E-state index contributed by atoms with van der Waals surface area (Å²) in [5, 5.41) is 3.70. The SMILES string of the molecule is CCC(CC)(CNC(C)(C)C)Cc1ccc(C)cc1. The molecule has 0 unspecified atom stereocenters. The average molecular weight is 261 g/mol. The van der Waals surface area contributed by atoms with Crippen LogP contribution in [0.15, 0.2) is 24.3 Å². The van der Waals surface area contributed by atoms with Crippen molar-refractivity contribution in [3.8, 4) is 0 Å². The zero-order valence-electron chi connectivity index (χ0n) is 13.6. The van der Waals surface area contributed by atoms with E-state index in [9.17, 15) is 0 Å². The highest BCUT2D eigenvalue weighted by atomic mass is 15.0. The lowest BCUT2D eigenvalue weighted by Gasteiger charge is -2.35. The first-order valence-corrected chi connectivity index (χ1v) is 7.61. The summed E-state index contributed by atoms with van der Waals surface area (Å²) in [5.41, 5.74) is 3.38. The number of hydrogen-bond acceptors (Lipinski definition) is 1. The number of nitrogens with one attached hydrogen (secondary N) is 1. The second kappa shape index (κ2) is 6.56. The van der Waals surface area contributed by atoms with E-state index in [1.807, 2.05) is 0 Å². The molecule has 0 radical (unpaired) electrons. The molecule has 0 aromatic heterocycles. The Bertz CT molecular complexity index is 366. The fraction of sp³-hybridized carbons (Fsp3) is 0.667. The molecule has 108 valence electrons. The highest BCUT2D eigenvalue weighted by molar-refractivity contribution is 5.22. The van der Waals surface area contributed by atoms with Crippen LogP contribution in [0.3, 0.4) is 0 Å². The van der Waals surface area contributed by atoms with E-state index in [0.29, 0.717) is 5.41 Å². The van der Waals surface area contributed by atoms with Crippen LogP contribution in [0.1, 0.15) is 58.6 Å². The van der Waals surface area contributed by atoms with Crippen LogP contribution in [0.2, 0.25) is 0 Å². The summed E-state index contributed by atoms with van der Waals surface area (Å²) in [6, 6.07) is 9.02. The predicted molar refractivity (Wildman–Crippen MR) is 85.7 cm³/mol. The molecule has 0 aliphatic rings. The number of rotatable bonds is 6. The minimum absolute atomic E-state index is 0.197. The second-order valence-electron chi connectivity index (χ2n) is 6.97. The summed E-state index contributed by atoms with van der Waals surface area (Å²) in [6.45, 7) is 14.6. The molecule has 1 aromatic carbocycles. The third kappa shape index (κ3) is 5.36. The lowest BCUT2D eigenvalue weighted by atomic mass is 9.76. The Morgan fingerprint density at radius 1 is 0.947 bits per heavy atom. The number of benzene rings is 1. The monoisotopic (exact) mass is 261 g/mol. The summed E-state index contributed by atoms with van der Waals surface area (Å²) in [5.74, 6) is 0. The van der Waals surface area contributed by atoms with E-state index < -0.39 is 0 Å². The number of aryl methyl sites for hydroxylation is 1. The van der Waals surface area contributed by atoms with E-state index in [-0.39, 0.29) is 5.54 Å². The van der Waals surface area contributed by atoms with E-state index in [4.69, 9.17) is 0 Å². The standard InChI is InChI=1S/C18H31N/c1-7-18(8-2,14-19-17(4,5)6)13-16-11-9-15(3)10-12-16/h9-12,19H,7-8,13-14H2,1-6H3. The van der Waals surface area contributed by atoms with Gasteiger partial charge in [0, 0.05) is 12.1 Å². The summed E-state index contributed by atoms with van der Waals surface area (Å²) in [7, 11) is 0. The average Bonchev–Trinajstić information content (AvgIpc) is 2.36. The van der Waals surface area contributed by atoms with Crippen LogP contribution < -0.4 is 5.32 Å². The fourth-order valence-corrected chi connectivity index (χ4v) is 2.40. The van der Waals surface area contributed by atoms with E-state index in [1.54, 1.807) is 0 Å². The van der Waals surface area contributed by atoms with Crippen molar-refractivity contribution in [1.29, 1.82) is 0 Å². The van der Waals surface area contributed by atoms with Crippen LogP contribution in [0.5, 0.6) is 0 Å². The Labute approximate surface area is 119 Å². The van der Waals surface area contributed by atoms with Gasteiger partial charge < -0.3 is 5.32 Å². The van der Waals surface area contributed by atoms with Gasteiger partial charge in [-0.1, -0.05) is 43.7 Å². The molecule has 19 heavy (non-hydrogen) atoms. The van der Waals surface area contributed by atoms with Crippen molar-refractivity contribution in [2.45, 2.75) is 66.3 Å². The molecule has 0 saturated carbocycles. The maximum atomic E-state index is 3.70. The number of hydrogen-bond donors (Lipinski definition) is 1. The Balaban J connectivity index is 2.78. The molecular weight excluding hydrogens is 230 g/mol. The van der Waals surface area contributed by atoms with Crippen LogP contribution in [-0.4, -0.2) is 12.1 Å². The molecule has 0 aliphatic heterocycles. The molecule has 1 aromatic rings. The third-order valence-corrected chi connectivity index (χ3v) is 4.19. The van der Waals surface area contributed by atoms with Crippen LogP contribution in [-0.2, 0) is 6.42 Å². The summed E-state index contributed by atoms with van der Waals surface area (Å²) >= 11 is 0. The maximum Gasteiger partial charge on any atom is 0.00967 e. The van der Waals surface area contributed by atoms with E-state index in [1.165, 1.54) is 30.4 Å².